The van der Waals surface area contributed by atoms with Gasteiger partial charge in [0.25, 0.3) is 0 Å². The molecule has 0 bridgehead atoms. The predicted molar refractivity (Wildman–Crippen MR) is 105 cm³/mol. The second-order valence-electron chi connectivity index (χ2n) is 10.5. The van der Waals surface area contributed by atoms with Crippen molar-refractivity contribution in [3.05, 3.63) is 12.7 Å². The molecule has 0 heterocycles. The molecule has 4 saturated carbocycles. The molecule has 0 aromatic carbocycles. The van der Waals surface area contributed by atoms with Crippen molar-refractivity contribution in [1.82, 2.24) is 0 Å². The van der Waals surface area contributed by atoms with Crippen LogP contribution in [0.2, 0.25) is 0 Å². The molecule has 25 heavy (non-hydrogen) atoms. The summed E-state index contributed by atoms with van der Waals surface area (Å²) in [6.45, 7) is 9.06. The van der Waals surface area contributed by atoms with Gasteiger partial charge in [0, 0.05) is 0 Å². The van der Waals surface area contributed by atoms with E-state index in [2.05, 4.69) is 26.5 Å². The molecule has 1 N–H and O–H groups in total. The van der Waals surface area contributed by atoms with E-state index < -0.39 is 0 Å². The molecule has 4 aliphatic rings. The van der Waals surface area contributed by atoms with Gasteiger partial charge in [0.15, 0.2) is 0 Å². The summed E-state index contributed by atoms with van der Waals surface area (Å²) in [6.07, 6.45) is 16.9. The van der Waals surface area contributed by atoms with E-state index >= 15 is 0 Å². The van der Waals surface area contributed by atoms with E-state index in [1.807, 2.05) is 0 Å². The largest absolute Gasteiger partial charge is 0.393 e. The molecule has 0 amide bonds. The Morgan fingerprint density at radius 1 is 1.04 bits per heavy atom. The first-order valence-corrected chi connectivity index (χ1v) is 11.3. The minimum absolute atomic E-state index is 0.00691. The highest BCUT2D eigenvalue weighted by Gasteiger charge is 2.56. The lowest BCUT2D eigenvalue weighted by Crippen LogP contribution is -2.52. The molecule has 0 aromatic rings. The van der Waals surface area contributed by atoms with Gasteiger partial charge in [-0.15, -0.1) is 6.58 Å². The molecule has 1 nitrogen and oxygen atoms in total. The molecule has 9 atom stereocenters. The molecule has 0 saturated heterocycles. The lowest BCUT2D eigenvalue weighted by molar-refractivity contribution is -0.109. The van der Waals surface area contributed by atoms with Crippen molar-refractivity contribution in [2.45, 2.75) is 90.6 Å². The van der Waals surface area contributed by atoms with Crippen LogP contribution in [0.1, 0.15) is 84.5 Å². The second kappa shape index (κ2) is 7.02. The molecule has 142 valence electrons. The second-order valence-corrected chi connectivity index (χ2v) is 10.5. The van der Waals surface area contributed by atoms with E-state index in [9.17, 15) is 5.11 Å². The lowest BCUT2D eigenvalue weighted by Gasteiger charge is -2.59. The third-order valence-corrected chi connectivity index (χ3v) is 9.57. The van der Waals surface area contributed by atoms with Gasteiger partial charge in [0.05, 0.1) is 6.10 Å². The number of aliphatic hydroxyl groups is 1. The summed E-state index contributed by atoms with van der Waals surface area (Å²) in [5.74, 6) is 6.70. The molecule has 0 aliphatic heterocycles. The van der Waals surface area contributed by atoms with Crippen LogP contribution in [0.3, 0.4) is 0 Å². The summed E-state index contributed by atoms with van der Waals surface area (Å²) in [4.78, 5) is 0. The molecular weight excluding hydrogens is 304 g/mol. The van der Waals surface area contributed by atoms with E-state index in [1.54, 1.807) is 0 Å². The third-order valence-electron chi connectivity index (χ3n) is 9.57. The van der Waals surface area contributed by atoms with Gasteiger partial charge < -0.3 is 5.11 Å². The summed E-state index contributed by atoms with van der Waals surface area (Å²) in [6, 6.07) is 0. The van der Waals surface area contributed by atoms with Gasteiger partial charge in [-0.1, -0.05) is 19.9 Å². The van der Waals surface area contributed by atoms with E-state index in [1.165, 1.54) is 57.8 Å². The number of aliphatic hydroxyl groups excluding tert-OH is 1. The Kier molecular flexibility index (Phi) is 5.08. The Morgan fingerprint density at radius 2 is 1.80 bits per heavy atom. The Bertz CT molecular complexity index is 484. The standard InChI is InChI=1S/C24H40O/c1-4-5-6-16(2)19-9-10-21-20(19)11-12-23-22(21)8-7-17-15-18(25)13-14-24(17,23)3/h4,16-23,25H,1,5-15H2,2-3H3. The van der Waals surface area contributed by atoms with E-state index in [0.717, 1.165) is 54.3 Å². The number of allylic oxidation sites excluding steroid dienone is 1. The fourth-order valence-electron chi connectivity index (χ4n) is 8.24. The van der Waals surface area contributed by atoms with Crippen LogP contribution < -0.4 is 0 Å². The SMILES string of the molecule is C=CCCC(C)C1CCC2C1CCC1C2CCC2CC(O)CCC21C. The van der Waals surface area contributed by atoms with Gasteiger partial charge in [-0.05, 0) is 117 Å². The van der Waals surface area contributed by atoms with Gasteiger partial charge in [-0.25, -0.2) is 0 Å². The highest BCUT2D eigenvalue weighted by atomic mass is 16.3. The molecule has 4 fully saturated rings. The molecule has 0 aromatic heterocycles. The van der Waals surface area contributed by atoms with E-state index in [0.29, 0.717) is 5.41 Å². The first kappa shape index (κ1) is 18.1. The van der Waals surface area contributed by atoms with Crippen molar-refractivity contribution in [2.24, 2.45) is 46.8 Å². The van der Waals surface area contributed by atoms with Crippen LogP contribution in [0.15, 0.2) is 12.7 Å². The van der Waals surface area contributed by atoms with Gasteiger partial charge in [0.1, 0.15) is 0 Å². The van der Waals surface area contributed by atoms with E-state index in [-0.39, 0.29) is 6.10 Å². The van der Waals surface area contributed by atoms with Crippen LogP contribution in [0.5, 0.6) is 0 Å². The summed E-state index contributed by atoms with van der Waals surface area (Å²) in [7, 11) is 0. The van der Waals surface area contributed by atoms with Crippen LogP contribution in [0.4, 0.5) is 0 Å². The van der Waals surface area contributed by atoms with Gasteiger partial charge in [-0.3, -0.25) is 0 Å². The molecular formula is C24H40O. The van der Waals surface area contributed by atoms with Crippen molar-refractivity contribution in [3.63, 3.8) is 0 Å². The van der Waals surface area contributed by atoms with Crippen molar-refractivity contribution >= 4 is 0 Å². The Morgan fingerprint density at radius 3 is 2.60 bits per heavy atom. The maximum atomic E-state index is 10.2. The maximum absolute atomic E-state index is 10.2. The van der Waals surface area contributed by atoms with Crippen LogP contribution in [-0.2, 0) is 0 Å². The van der Waals surface area contributed by atoms with E-state index in [4.69, 9.17) is 0 Å². The lowest BCUT2D eigenvalue weighted by atomic mass is 9.47. The monoisotopic (exact) mass is 344 g/mol. The zero-order valence-electron chi connectivity index (χ0n) is 16.6. The number of rotatable bonds is 4. The molecule has 4 rings (SSSR count). The minimum Gasteiger partial charge on any atom is -0.393 e. The molecule has 9 unspecified atom stereocenters. The number of fused-ring (bicyclic) bond motifs is 5. The average Bonchev–Trinajstić information content (AvgIpc) is 3.04. The van der Waals surface area contributed by atoms with Crippen molar-refractivity contribution in [1.29, 1.82) is 0 Å². The topological polar surface area (TPSA) is 20.2 Å². The highest BCUT2D eigenvalue weighted by Crippen LogP contribution is 2.64. The Labute approximate surface area is 155 Å². The first-order chi connectivity index (χ1) is 12.0. The molecule has 4 aliphatic carbocycles. The Balaban J connectivity index is 1.48. The van der Waals surface area contributed by atoms with Crippen molar-refractivity contribution < 1.29 is 5.11 Å². The van der Waals surface area contributed by atoms with Crippen molar-refractivity contribution in [2.75, 3.05) is 0 Å². The third kappa shape index (κ3) is 3.03. The number of hydrogen-bond donors (Lipinski definition) is 1. The summed E-state index contributed by atoms with van der Waals surface area (Å²) in [5, 5.41) is 10.2. The zero-order chi connectivity index (χ0) is 17.6. The summed E-state index contributed by atoms with van der Waals surface area (Å²) in [5.41, 5.74) is 0.541. The normalized spacial score (nSPS) is 50.4. The quantitative estimate of drug-likeness (QED) is 0.600. The zero-order valence-corrected chi connectivity index (χ0v) is 16.6. The average molecular weight is 345 g/mol. The van der Waals surface area contributed by atoms with Gasteiger partial charge >= 0.3 is 0 Å². The van der Waals surface area contributed by atoms with Gasteiger partial charge in [0.2, 0.25) is 0 Å². The fourth-order valence-corrected chi connectivity index (χ4v) is 8.24. The minimum atomic E-state index is -0.00691. The fraction of sp³-hybridized carbons (Fsp3) is 0.917. The highest BCUT2D eigenvalue weighted by molar-refractivity contribution is 5.06. The summed E-state index contributed by atoms with van der Waals surface area (Å²) >= 11 is 0. The van der Waals surface area contributed by atoms with Crippen LogP contribution in [0, 0.1) is 46.8 Å². The molecule has 0 radical (unpaired) electrons. The first-order valence-electron chi connectivity index (χ1n) is 11.3. The van der Waals surface area contributed by atoms with Crippen LogP contribution >= 0.6 is 0 Å². The number of hydrogen-bond acceptors (Lipinski definition) is 1. The van der Waals surface area contributed by atoms with Crippen LogP contribution in [-0.4, -0.2) is 11.2 Å². The van der Waals surface area contributed by atoms with Crippen molar-refractivity contribution in [3.8, 4) is 0 Å². The van der Waals surface area contributed by atoms with Crippen LogP contribution in [0.25, 0.3) is 0 Å². The maximum Gasteiger partial charge on any atom is 0.0543 e. The van der Waals surface area contributed by atoms with Gasteiger partial charge in [-0.2, -0.15) is 0 Å². The molecule has 0 spiro atoms. The smallest absolute Gasteiger partial charge is 0.0543 e. The Hall–Kier alpha value is -0.300. The predicted octanol–water partition coefficient (Wildman–Crippen LogP) is 6.22. The molecule has 1 heteroatoms. The summed E-state index contributed by atoms with van der Waals surface area (Å²) < 4.78 is 0.